The van der Waals surface area contributed by atoms with Crippen molar-refractivity contribution in [3.05, 3.63) is 51.6 Å². The maximum atomic E-state index is 12.1. The third kappa shape index (κ3) is 3.34. The van der Waals surface area contributed by atoms with Gasteiger partial charge in [0.05, 0.1) is 11.3 Å². The Balaban J connectivity index is 2.40. The molecule has 0 saturated carbocycles. The zero-order valence-electron chi connectivity index (χ0n) is 11.5. The summed E-state index contributed by atoms with van der Waals surface area (Å²) in [4.78, 5) is 33.4. The largest absolute Gasteiger partial charge is 0.481 e. The second kappa shape index (κ2) is 5.87. The van der Waals surface area contributed by atoms with Crippen molar-refractivity contribution in [1.82, 2.24) is 0 Å². The van der Waals surface area contributed by atoms with Crippen LogP contribution >= 0.6 is 0 Å². The van der Waals surface area contributed by atoms with E-state index in [0.29, 0.717) is 12.0 Å². The van der Waals surface area contributed by atoms with Gasteiger partial charge in [0.2, 0.25) is 0 Å². The number of carboxylic acids is 1. The van der Waals surface area contributed by atoms with Crippen LogP contribution in [0.4, 0.5) is 5.69 Å². The summed E-state index contributed by atoms with van der Waals surface area (Å²) in [6.07, 6.45) is 1.74. The van der Waals surface area contributed by atoms with Crippen LogP contribution in [0.3, 0.4) is 0 Å². The van der Waals surface area contributed by atoms with Crippen LogP contribution in [0.15, 0.2) is 35.9 Å². The molecule has 0 heterocycles. The number of nitro benzene ring substituents is 1. The van der Waals surface area contributed by atoms with Crippen molar-refractivity contribution in [3.63, 3.8) is 0 Å². The SMILES string of the molecule is CC1=CC(=O)C(CC(=O)O)C(c2cccc([N+](=O)[O-])c2)C1. The number of hydrogen-bond donors (Lipinski definition) is 1. The lowest BCUT2D eigenvalue weighted by molar-refractivity contribution is -0.384. The fraction of sp³-hybridized carbons (Fsp3) is 0.333. The van der Waals surface area contributed by atoms with E-state index in [1.807, 2.05) is 0 Å². The first-order valence-electron chi connectivity index (χ1n) is 6.55. The predicted octanol–water partition coefficient (Wildman–Crippen LogP) is 2.69. The van der Waals surface area contributed by atoms with Gasteiger partial charge in [-0.05, 0) is 30.9 Å². The molecule has 1 aliphatic carbocycles. The van der Waals surface area contributed by atoms with Crippen LogP contribution in [-0.2, 0) is 9.59 Å². The lowest BCUT2D eigenvalue weighted by atomic mass is 9.74. The minimum Gasteiger partial charge on any atom is -0.481 e. The monoisotopic (exact) mass is 289 g/mol. The van der Waals surface area contributed by atoms with Crippen LogP contribution in [0.25, 0.3) is 0 Å². The van der Waals surface area contributed by atoms with Crippen LogP contribution in [0.2, 0.25) is 0 Å². The van der Waals surface area contributed by atoms with Crippen molar-refractivity contribution in [1.29, 1.82) is 0 Å². The van der Waals surface area contributed by atoms with E-state index >= 15 is 0 Å². The summed E-state index contributed by atoms with van der Waals surface area (Å²) in [5.74, 6) is -2.28. The number of aliphatic carboxylic acids is 1. The number of non-ortho nitro benzene ring substituents is 1. The van der Waals surface area contributed by atoms with Gasteiger partial charge in [0.1, 0.15) is 0 Å². The van der Waals surface area contributed by atoms with E-state index in [2.05, 4.69) is 0 Å². The molecule has 0 amide bonds. The highest BCUT2D eigenvalue weighted by Gasteiger charge is 2.34. The summed E-state index contributed by atoms with van der Waals surface area (Å²) in [7, 11) is 0. The van der Waals surface area contributed by atoms with Gasteiger partial charge in [0.15, 0.2) is 5.78 Å². The number of carboxylic acid groups (broad SMARTS) is 1. The van der Waals surface area contributed by atoms with Crippen molar-refractivity contribution >= 4 is 17.4 Å². The smallest absolute Gasteiger partial charge is 0.304 e. The molecule has 0 saturated heterocycles. The number of carbonyl (C=O) groups is 2. The van der Waals surface area contributed by atoms with Gasteiger partial charge in [-0.25, -0.2) is 0 Å². The lowest BCUT2D eigenvalue weighted by Gasteiger charge is -2.28. The minimum atomic E-state index is -1.04. The first-order chi connectivity index (χ1) is 9.88. The Labute approximate surface area is 121 Å². The molecule has 2 atom stereocenters. The van der Waals surface area contributed by atoms with E-state index in [4.69, 9.17) is 5.11 Å². The summed E-state index contributed by atoms with van der Waals surface area (Å²) < 4.78 is 0. The Kier molecular flexibility index (Phi) is 4.16. The molecule has 1 aromatic carbocycles. The normalized spacial score (nSPS) is 21.8. The molecule has 6 heteroatoms. The number of allylic oxidation sites excluding steroid dienone is 2. The number of rotatable bonds is 4. The molecule has 2 unspecified atom stereocenters. The molecule has 21 heavy (non-hydrogen) atoms. The van der Waals surface area contributed by atoms with E-state index in [0.717, 1.165) is 5.57 Å². The third-order valence-electron chi connectivity index (χ3n) is 3.69. The summed E-state index contributed by atoms with van der Waals surface area (Å²) in [5.41, 5.74) is 1.44. The highest BCUT2D eigenvalue weighted by atomic mass is 16.6. The van der Waals surface area contributed by atoms with E-state index < -0.39 is 16.8 Å². The number of nitro groups is 1. The van der Waals surface area contributed by atoms with Gasteiger partial charge in [-0.3, -0.25) is 19.7 Å². The Hall–Kier alpha value is -2.50. The van der Waals surface area contributed by atoms with E-state index in [9.17, 15) is 19.7 Å². The second-order valence-electron chi connectivity index (χ2n) is 5.26. The molecule has 1 aliphatic rings. The number of nitrogens with zero attached hydrogens (tertiary/aromatic N) is 1. The van der Waals surface area contributed by atoms with Crippen molar-refractivity contribution in [2.24, 2.45) is 5.92 Å². The van der Waals surface area contributed by atoms with Crippen LogP contribution in [0.1, 0.15) is 31.2 Å². The Bertz CT molecular complexity index is 635. The average Bonchev–Trinajstić information content (AvgIpc) is 2.41. The molecule has 1 N–H and O–H groups in total. The van der Waals surface area contributed by atoms with Crippen LogP contribution < -0.4 is 0 Å². The first-order valence-corrected chi connectivity index (χ1v) is 6.55. The summed E-state index contributed by atoms with van der Waals surface area (Å²) >= 11 is 0. The van der Waals surface area contributed by atoms with E-state index in [1.54, 1.807) is 19.1 Å². The molecule has 2 rings (SSSR count). The quantitative estimate of drug-likeness (QED) is 0.678. The molecule has 0 radical (unpaired) electrons. The molecule has 0 fully saturated rings. The van der Waals surface area contributed by atoms with Crippen LogP contribution in [-0.4, -0.2) is 21.8 Å². The first kappa shape index (κ1) is 14.9. The maximum Gasteiger partial charge on any atom is 0.304 e. The molecular weight excluding hydrogens is 274 g/mol. The zero-order chi connectivity index (χ0) is 15.6. The molecule has 6 nitrogen and oxygen atoms in total. The molecular formula is C15H15NO5. The third-order valence-corrected chi connectivity index (χ3v) is 3.69. The van der Waals surface area contributed by atoms with E-state index in [-0.39, 0.29) is 23.8 Å². The lowest BCUT2D eigenvalue weighted by Crippen LogP contribution is -2.27. The fourth-order valence-electron chi connectivity index (χ4n) is 2.75. The van der Waals surface area contributed by atoms with Gasteiger partial charge < -0.3 is 5.11 Å². The Morgan fingerprint density at radius 3 is 2.81 bits per heavy atom. The van der Waals surface area contributed by atoms with Gasteiger partial charge in [-0.2, -0.15) is 0 Å². The number of hydrogen-bond acceptors (Lipinski definition) is 4. The van der Waals surface area contributed by atoms with Crippen molar-refractivity contribution in [2.75, 3.05) is 0 Å². The van der Waals surface area contributed by atoms with Crippen molar-refractivity contribution < 1.29 is 19.6 Å². The Morgan fingerprint density at radius 2 is 2.19 bits per heavy atom. The number of ketones is 1. The standard InChI is InChI=1S/C15H15NO5/c1-9-5-12(13(8-15(18)19)14(17)6-9)10-3-2-4-11(7-10)16(20)21/h2-4,6-7,12-13H,5,8H2,1H3,(H,18,19). The van der Waals surface area contributed by atoms with Gasteiger partial charge in [-0.15, -0.1) is 0 Å². The van der Waals surface area contributed by atoms with Gasteiger partial charge >= 0.3 is 5.97 Å². The van der Waals surface area contributed by atoms with Gasteiger partial charge in [-0.1, -0.05) is 17.7 Å². The minimum absolute atomic E-state index is 0.0544. The topological polar surface area (TPSA) is 97.5 Å². The number of benzene rings is 1. The summed E-state index contributed by atoms with van der Waals surface area (Å²) in [6, 6.07) is 6.07. The van der Waals surface area contributed by atoms with Crippen molar-refractivity contribution in [3.8, 4) is 0 Å². The zero-order valence-corrected chi connectivity index (χ0v) is 11.5. The van der Waals surface area contributed by atoms with Crippen LogP contribution in [0.5, 0.6) is 0 Å². The number of carbonyl (C=O) groups excluding carboxylic acids is 1. The highest BCUT2D eigenvalue weighted by molar-refractivity contribution is 5.96. The van der Waals surface area contributed by atoms with Gasteiger partial charge in [0, 0.05) is 18.1 Å². The summed E-state index contributed by atoms with van der Waals surface area (Å²) in [6.45, 7) is 1.80. The highest BCUT2D eigenvalue weighted by Crippen LogP contribution is 2.38. The molecule has 0 aliphatic heterocycles. The van der Waals surface area contributed by atoms with Gasteiger partial charge in [0.25, 0.3) is 5.69 Å². The summed E-state index contributed by atoms with van der Waals surface area (Å²) in [5, 5.41) is 19.8. The van der Waals surface area contributed by atoms with Crippen LogP contribution in [0, 0.1) is 16.0 Å². The maximum absolute atomic E-state index is 12.1. The fourth-order valence-corrected chi connectivity index (χ4v) is 2.75. The molecule has 1 aromatic rings. The molecule has 0 spiro atoms. The van der Waals surface area contributed by atoms with Crippen molar-refractivity contribution in [2.45, 2.75) is 25.7 Å². The molecule has 0 bridgehead atoms. The van der Waals surface area contributed by atoms with E-state index in [1.165, 1.54) is 18.2 Å². The molecule has 110 valence electrons. The second-order valence-corrected chi connectivity index (χ2v) is 5.26. The Morgan fingerprint density at radius 1 is 1.48 bits per heavy atom. The average molecular weight is 289 g/mol. The predicted molar refractivity (Wildman–Crippen MR) is 75.0 cm³/mol. The molecule has 0 aromatic heterocycles.